The summed E-state index contributed by atoms with van der Waals surface area (Å²) in [5.74, 6) is 2.41. The van der Waals surface area contributed by atoms with Gasteiger partial charge >= 0.3 is 0 Å². The molecule has 0 N–H and O–H groups in total. The van der Waals surface area contributed by atoms with E-state index < -0.39 is 0 Å². The molecule has 1 saturated heterocycles. The van der Waals surface area contributed by atoms with E-state index in [0.717, 1.165) is 34.9 Å². The molecule has 6 nitrogen and oxygen atoms in total. The van der Waals surface area contributed by atoms with Crippen LogP contribution in [0.25, 0.3) is 11.4 Å². The largest absolute Gasteiger partial charge is 0.497 e. The molecule has 37 heavy (non-hydrogen) atoms. The molecular formula is C31H32N4O2. The van der Waals surface area contributed by atoms with Crippen molar-refractivity contribution >= 4 is 11.7 Å². The number of aromatic nitrogens is 2. The average molecular weight is 493 g/mol. The fraction of sp³-hybridized carbons (Fsp3) is 0.258. The van der Waals surface area contributed by atoms with Gasteiger partial charge in [-0.2, -0.15) is 0 Å². The molecule has 0 saturated carbocycles. The van der Waals surface area contributed by atoms with Gasteiger partial charge in [0.1, 0.15) is 11.6 Å². The zero-order valence-electron chi connectivity index (χ0n) is 21.6. The molecule has 1 fully saturated rings. The molecule has 0 bridgehead atoms. The van der Waals surface area contributed by atoms with Crippen LogP contribution in [0.2, 0.25) is 0 Å². The first-order valence-corrected chi connectivity index (χ1v) is 12.7. The first-order valence-electron chi connectivity index (χ1n) is 12.7. The Kier molecular flexibility index (Phi) is 7.17. The van der Waals surface area contributed by atoms with E-state index in [2.05, 4.69) is 43.0 Å². The van der Waals surface area contributed by atoms with Crippen LogP contribution in [0.15, 0.2) is 78.9 Å². The highest BCUT2D eigenvalue weighted by atomic mass is 16.5. The van der Waals surface area contributed by atoms with Crippen molar-refractivity contribution in [3.8, 4) is 17.1 Å². The van der Waals surface area contributed by atoms with Crippen molar-refractivity contribution < 1.29 is 9.53 Å². The number of piperazine rings is 1. The van der Waals surface area contributed by atoms with E-state index in [1.54, 1.807) is 13.2 Å². The third-order valence-corrected chi connectivity index (χ3v) is 6.87. The van der Waals surface area contributed by atoms with Gasteiger partial charge in [-0.05, 0) is 37.6 Å². The molecule has 3 aromatic carbocycles. The topological polar surface area (TPSA) is 58.6 Å². The highest BCUT2D eigenvalue weighted by Gasteiger charge is 2.26. The molecule has 1 amide bonds. The van der Waals surface area contributed by atoms with Crippen molar-refractivity contribution in [2.45, 2.75) is 20.3 Å². The van der Waals surface area contributed by atoms with Gasteiger partial charge < -0.3 is 14.5 Å². The first kappa shape index (κ1) is 24.5. The van der Waals surface area contributed by atoms with Gasteiger partial charge in [0.25, 0.3) is 5.91 Å². The number of carbonyl (C=O) groups excluding carboxylic acids is 1. The molecule has 0 aliphatic carbocycles. The number of benzene rings is 3. The molecule has 0 spiro atoms. The minimum Gasteiger partial charge on any atom is -0.497 e. The average Bonchev–Trinajstić information content (AvgIpc) is 2.94. The van der Waals surface area contributed by atoms with Crippen molar-refractivity contribution in [1.82, 2.24) is 14.9 Å². The summed E-state index contributed by atoms with van der Waals surface area (Å²) in [5.41, 5.74) is 6.26. The molecular weight excluding hydrogens is 460 g/mol. The Labute approximate surface area is 218 Å². The van der Waals surface area contributed by atoms with E-state index in [4.69, 9.17) is 14.7 Å². The minimum absolute atomic E-state index is 0.0300. The quantitative estimate of drug-likeness (QED) is 0.365. The molecule has 5 rings (SSSR count). The maximum Gasteiger partial charge on any atom is 0.254 e. The lowest BCUT2D eigenvalue weighted by Gasteiger charge is -2.36. The maximum atomic E-state index is 13.2. The molecule has 4 aromatic rings. The number of methoxy groups -OCH3 is 1. The van der Waals surface area contributed by atoms with E-state index in [0.29, 0.717) is 37.5 Å². The van der Waals surface area contributed by atoms with Crippen molar-refractivity contribution in [2.75, 3.05) is 38.2 Å². The second-order valence-electron chi connectivity index (χ2n) is 9.48. The van der Waals surface area contributed by atoms with Crippen LogP contribution >= 0.6 is 0 Å². The van der Waals surface area contributed by atoms with Crippen molar-refractivity contribution in [3.05, 3.63) is 107 Å². The van der Waals surface area contributed by atoms with Gasteiger partial charge in [-0.15, -0.1) is 0 Å². The molecule has 6 heteroatoms. The Morgan fingerprint density at radius 2 is 1.62 bits per heavy atom. The summed E-state index contributed by atoms with van der Waals surface area (Å²) < 4.78 is 5.30. The Balaban J connectivity index is 1.43. The van der Waals surface area contributed by atoms with Crippen molar-refractivity contribution in [3.63, 3.8) is 0 Å². The molecule has 0 unspecified atom stereocenters. The summed E-state index contributed by atoms with van der Waals surface area (Å²) >= 11 is 0. The second-order valence-corrected chi connectivity index (χ2v) is 9.48. The van der Waals surface area contributed by atoms with E-state index in [9.17, 15) is 4.79 Å². The van der Waals surface area contributed by atoms with Crippen LogP contribution in [0.4, 0.5) is 5.82 Å². The Morgan fingerprint density at radius 1 is 0.865 bits per heavy atom. The van der Waals surface area contributed by atoms with Gasteiger partial charge in [0, 0.05) is 55.0 Å². The first-order chi connectivity index (χ1) is 18.0. The number of anilines is 1. The molecule has 1 aliphatic heterocycles. The Hall–Kier alpha value is -4.19. The van der Waals surface area contributed by atoms with Crippen LogP contribution < -0.4 is 9.64 Å². The van der Waals surface area contributed by atoms with Gasteiger partial charge in [-0.25, -0.2) is 9.97 Å². The van der Waals surface area contributed by atoms with Crippen LogP contribution in [0.1, 0.15) is 32.7 Å². The third-order valence-electron chi connectivity index (χ3n) is 6.87. The lowest BCUT2D eigenvalue weighted by Crippen LogP contribution is -2.49. The predicted octanol–water partition coefficient (Wildman–Crippen LogP) is 5.32. The number of hydrogen-bond donors (Lipinski definition) is 0. The van der Waals surface area contributed by atoms with E-state index in [1.165, 1.54) is 11.1 Å². The Bertz CT molecular complexity index is 1400. The van der Waals surface area contributed by atoms with E-state index >= 15 is 0 Å². The van der Waals surface area contributed by atoms with Crippen LogP contribution in [0.5, 0.6) is 5.75 Å². The fourth-order valence-electron chi connectivity index (χ4n) is 4.85. The molecule has 1 aliphatic rings. The number of carbonyl (C=O) groups is 1. The normalized spacial score (nSPS) is 13.5. The molecule has 188 valence electrons. The number of hydrogen-bond acceptors (Lipinski definition) is 5. The number of amides is 1. The van der Waals surface area contributed by atoms with Gasteiger partial charge in [0.05, 0.1) is 7.11 Å². The molecule has 2 heterocycles. The zero-order chi connectivity index (χ0) is 25.8. The number of nitrogens with zero attached hydrogens (tertiary/aromatic N) is 4. The lowest BCUT2D eigenvalue weighted by molar-refractivity contribution is 0.0746. The zero-order valence-corrected chi connectivity index (χ0v) is 21.6. The van der Waals surface area contributed by atoms with Crippen molar-refractivity contribution in [1.29, 1.82) is 0 Å². The maximum absolute atomic E-state index is 13.2. The second kappa shape index (κ2) is 10.8. The summed E-state index contributed by atoms with van der Waals surface area (Å²) in [4.78, 5) is 27.4. The van der Waals surface area contributed by atoms with Crippen LogP contribution in [-0.4, -0.2) is 54.1 Å². The standard InChI is InChI=1S/C31H32N4O2/c1-22-9-7-10-24(19-22)20-28-23(2)32-29(25-11-5-4-6-12-25)33-30(28)34-15-17-35(18-16-34)31(36)26-13-8-14-27(21-26)37-3/h4-14,19,21H,15-18,20H2,1-3H3. The monoisotopic (exact) mass is 492 g/mol. The number of ether oxygens (including phenoxy) is 1. The molecule has 0 radical (unpaired) electrons. The minimum atomic E-state index is 0.0300. The van der Waals surface area contributed by atoms with Gasteiger partial charge in [-0.1, -0.05) is 66.2 Å². The van der Waals surface area contributed by atoms with Gasteiger partial charge in [0.2, 0.25) is 0 Å². The van der Waals surface area contributed by atoms with Crippen molar-refractivity contribution in [2.24, 2.45) is 0 Å². The summed E-state index contributed by atoms with van der Waals surface area (Å²) in [6, 6.07) is 26.1. The van der Waals surface area contributed by atoms with Gasteiger partial charge in [0.15, 0.2) is 5.82 Å². The highest BCUT2D eigenvalue weighted by molar-refractivity contribution is 5.94. The Morgan fingerprint density at radius 3 is 2.35 bits per heavy atom. The van der Waals surface area contributed by atoms with Crippen LogP contribution in [0, 0.1) is 13.8 Å². The fourth-order valence-corrected chi connectivity index (χ4v) is 4.85. The summed E-state index contributed by atoms with van der Waals surface area (Å²) in [6.07, 6.45) is 0.765. The lowest BCUT2D eigenvalue weighted by atomic mass is 10.0. The predicted molar refractivity (Wildman–Crippen MR) is 147 cm³/mol. The van der Waals surface area contributed by atoms with Crippen LogP contribution in [-0.2, 0) is 6.42 Å². The molecule has 1 aromatic heterocycles. The number of rotatable bonds is 6. The third kappa shape index (κ3) is 5.48. The van der Waals surface area contributed by atoms with Crippen LogP contribution in [0.3, 0.4) is 0 Å². The highest BCUT2D eigenvalue weighted by Crippen LogP contribution is 2.29. The molecule has 0 atom stereocenters. The summed E-state index contributed by atoms with van der Waals surface area (Å²) in [7, 11) is 1.62. The summed E-state index contributed by atoms with van der Waals surface area (Å²) in [6.45, 7) is 6.87. The van der Waals surface area contributed by atoms with E-state index in [-0.39, 0.29) is 5.91 Å². The van der Waals surface area contributed by atoms with E-state index in [1.807, 2.05) is 53.4 Å². The SMILES string of the molecule is COc1cccc(C(=O)N2CCN(c3nc(-c4ccccc4)nc(C)c3Cc3cccc(C)c3)CC2)c1. The van der Waals surface area contributed by atoms with Gasteiger partial charge in [-0.3, -0.25) is 4.79 Å². The summed E-state index contributed by atoms with van der Waals surface area (Å²) in [5, 5.41) is 0. The smallest absolute Gasteiger partial charge is 0.254 e. The number of aryl methyl sites for hydroxylation is 2.